The predicted molar refractivity (Wildman–Crippen MR) is 99.2 cm³/mol. The molecule has 0 radical (unpaired) electrons. The van der Waals surface area contributed by atoms with Crippen LogP contribution in [-0.2, 0) is 16.0 Å². The van der Waals surface area contributed by atoms with Gasteiger partial charge in [-0.2, -0.15) is 0 Å². The van der Waals surface area contributed by atoms with Crippen molar-refractivity contribution >= 4 is 17.5 Å². The van der Waals surface area contributed by atoms with Gasteiger partial charge in [0.25, 0.3) is 0 Å². The van der Waals surface area contributed by atoms with Crippen LogP contribution < -0.4 is 5.32 Å². The highest BCUT2D eigenvalue weighted by molar-refractivity contribution is 5.93. The number of hydrogen-bond donors (Lipinski definition) is 1. The lowest BCUT2D eigenvalue weighted by Gasteiger charge is -2.35. The van der Waals surface area contributed by atoms with E-state index < -0.39 is 0 Å². The van der Waals surface area contributed by atoms with Crippen molar-refractivity contribution < 1.29 is 9.59 Å². The van der Waals surface area contributed by atoms with Crippen LogP contribution in [-0.4, -0.2) is 54.3 Å². The number of nitrogens with one attached hydrogen (secondary N) is 1. The van der Waals surface area contributed by atoms with Gasteiger partial charge in [0, 0.05) is 31.9 Å². The summed E-state index contributed by atoms with van der Waals surface area (Å²) in [7, 11) is 0. The number of anilines is 1. The Hall–Kier alpha value is -2.40. The molecule has 0 saturated carbocycles. The van der Waals surface area contributed by atoms with Crippen molar-refractivity contribution in [2.45, 2.75) is 13.3 Å². The average molecular weight is 339 g/mol. The lowest BCUT2D eigenvalue weighted by atomic mass is 10.1. The van der Waals surface area contributed by atoms with Gasteiger partial charge in [-0.3, -0.25) is 14.5 Å². The quantitative estimate of drug-likeness (QED) is 0.893. The second kappa shape index (κ2) is 8.12. The third-order valence-electron chi connectivity index (χ3n) is 4.76. The van der Waals surface area contributed by atoms with Gasteiger partial charge in [-0.1, -0.05) is 49.4 Å². The number of hydrogen-bond acceptors (Lipinski definition) is 3. The van der Waals surface area contributed by atoms with Crippen LogP contribution in [0, 0.1) is 5.92 Å². The fourth-order valence-electron chi connectivity index (χ4n) is 3.28. The second-order valence-electron chi connectivity index (χ2n) is 6.46. The molecule has 1 fully saturated rings. The van der Waals surface area contributed by atoms with Crippen LogP contribution in [0.1, 0.15) is 12.5 Å². The van der Waals surface area contributed by atoms with E-state index in [0.29, 0.717) is 19.6 Å². The third kappa shape index (κ3) is 4.37. The van der Waals surface area contributed by atoms with Gasteiger partial charge in [-0.15, -0.1) is 0 Å². The normalized spacial score (nSPS) is 17.9. The van der Waals surface area contributed by atoms with E-state index in [1.807, 2.05) is 53.5 Å². The van der Waals surface area contributed by atoms with Crippen molar-refractivity contribution in [3.05, 3.63) is 54.1 Å². The molecule has 5 nitrogen and oxygen atoms in total. The van der Waals surface area contributed by atoms with E-state index in [1.165, 1.54) is 0 Å². The third-order valence-corrected chi connectivity index (χ3v) is 4.76. The molecule has 1 aromatic carbocycles. The monoisotopic (exact) mass is 339 g/mol. The molecule has 0 bridgehead atoms. The van der Waals surface area contributed by atoms with E-state index >= 15 is 0 Å². The average Bonchev–Trinajstić information content (AvgIpc) is 3.17. The van der Waals surface area contributed by atoms with E-state index in [1.54, 1.807) is 0 Å². The topological polar surface area (TPSA) is 52.7 Å². The fraction of sp³-hybridized carbons (Fsp3) is 0.400. The predicted octanol–water partition coefficient (Wildman–Crippen LogP) is 2.07. The molecule has 2 amide bonds. The van der Waals surface area contributed by atoms with E-state index in [4.69, 9.17) is 0 Å². The number of rotatable bonds is 5. The molecular formula is C20H25N3O2. The molecule has 0 aromatic heterocycles. The highest BCUT2D eigenvalue weighted by Crippen LogP contribution is 2.16. The van der Waals surface area contributed by atoms with Gasteiger partial charge in [0.05, 0.1) is 12.5 Å². The Kier molecular flexibility index (Phi) is 5.66. The number of amides is 2. The van der Waals surface area contributed by atoms with Crippen LogP contribution in [0.4, 0.5) is 5.69 Å². The summed E-state index contributed by atoms with van der Waals surface area (Å²) in [6.07, 6.45) is 8.57. The molecule has 1 aliphatic carbocycles. The van der Waals surface area contributed by atoms with Gasteiger partial charge in [0.2, 0.25) is 11.8 Å². The van der Waals surface area contributed by atoms with Crippen LogP contribution in [0.3, 0.4) is 0 Å². The molecule has 3 rings (SSSR count). The number of nitrogens with zero attached hydrogens (tertiary/aromatic N) is 2. The zero-order valence-electron chi connectivity index (χ0n) is 14.6. The number of allylic oxidation sites excluding steroid dienone is 2. The summed E-state index contributed by atoms with van der Waals surface area (Å²) in [5.74, 6) is 0.0497. The Morgan fingerprint density at radius 3 is 2.44 bits per heavy atom. The maximum absolute atomic E-state index is 12.4. The zero-order chi connectivity index (χ0) is 17.6. The van der Waals surface area contributed by atoms with Crippen molar-refractivity contribution in [3.8, 4) is 0 Å². The Morgan fingerprint density at radius 2 is 1.76 bits per heavy atom. The Labute approximate surface area is 149 Å². The molecule has 0 unspecified atom stereocenters. The minimum atomic E-state index is -0.111. The molecule has 5 heteroatoms. The van der Waals surface area contributed by atoms with Crippen LogP contribution >= 0.6 is 0 Å². The first-order valence-electron chi connectivity index (χ1n) is 8.91. The van der Waals surface area contributed by atoms with E-state index in [-0.39, 0.29) is 17.7 Å². The summed E-state index contributed by atoms with van der Waals surface area (Å²) >= 11 is 0. The number of para-hydroxylation sites is 1. The first kappa shape index (κ1) is 17.4. The molecular weight excluding hydrogens is 314 g/mol. The van der Waals surface area contributed by atoms with E-state index in [0.717, 1.165) is 30.8 Å². The summed E-state index contributed by atoms with van der Waals surface area (Å²) in [5.41, 5.74) is 2.03. The van der Waals surface area contributed by atoms with Crippen LogP contribution in [0.15, 0.2) is 48.6 Å². The van der Waals surface area contributed by atoms with Gasteiger partial charge in [0.1, 0.15) is 0 Å². The number of benzene rings is 1. The van der Waals surface area contributed by atoms with Crippen LogP contribution in [0.25, 0.3) is 0 Å². The standard InChI is InChI=1S/C20H25N3O2/c1-2-16-7-5-6-10-18(16)21-19(24)15-22-11-13-23(14-12-22)20(25)17-8-3-4-9-17/h3-10,17H,2,11-15H2,1H3,(H,21,24). The molecule has 1 aliphatic heterocycles. The van der Waals surface area contributed by atoms with Crippen molar-refractivity contribution in [3.63, 3.8) is 0 Å². The smallest absolute Gasteiger partial charge is 0.238 e. The fourth-order valence-corrected chi connectivity index (χ4v) is 3.28. The van der Waals surface area contributed by atoms with Crippen LogP contribution in [0.2, 0.25) is 0 Å². The molecule has 1 heterocycles. The van der Waals surface area contributed by atoms with E-state index in [2.05, 4.69) is 17.1 Å². The Balaban J connectivity index is 1.47. The lowest BCUT2D eigenvalue weighted by Crippen LogP contribution is -2.51. The molecule has 132 valence electrons. The summed E-state index contributed by atoms with van der Waals surface area (Å²) in [5, 5.41) is 3.01. The molecule has 0 spiro atoms. The first-order chi connectivity index (χ1) is 12.2. The number of carbonyl (C=O) groups excluding carboxylic acids is 2. The SMILES string of the molecule is CCc1ccccc1NC(=O)CN1CCN(C(=O)C2C=CC=C2)CC1. The zero-order valence-corrected chi connectivity index (χ0v) is 14.6. The van der Waals surface area contributed by atoms with Crippen molar-refractivity contribution in [2.75, 3.05) is 38.0 Å². The van der Waals surface area contributed by atoms with Gasteiger partial charge >= 0.3 is 0 Å². The minimum absolute atomic E-state index is 0.00216. The Morgan fingerprint density at radius 1 is 1.08 bits per heavy atom. The first-order valence-corrected chi connectivity index (χ1v) is 8.91. The summed E-state index contributed by atoms with van der Waals surface area (Å²) in [6.45, 7) is 5.26. The van der Waals surface area contributed by atoms with Gasteiger partial charge in [-0.25, -0.2) is 0 Å². The molecule has 1 aromatic rings. The summed E-state index contributed by atoms with van der Waals surface area (Å²) < 4.78 is 0. The molecule has 2 aliphatic rings. The van der Waals surface area contributed by atoms with E-state index in [9.17, 15) is 9.59 Å². The lowest BCUT2D eigenvalue weighted by molar-refractivity contribution is -0.134. The Bertz CT molecular complexity index is 676. The summed E-state index contributed by atoms with van der Waals surface area (Å²) in [4.78, 5) is 28.7. The molecule has 0 atom stereocenters. The number of carbonyl (C=O) groups is 2. The molecule has 1 N–H and O–H groups in total. The second-order valence-corrected chi connectivity index (χ2v) is 6.46. The van der Waals surface area contributed by atoms with Gasteiger partial charge < -0.3 is 10.2 Å². The van der Waals surface area contributed by atoms with Gasteiger partial charge in [-0.05, 0) is 18.1 Å². The maximum Gasteiger partial charge on any atom is 0.238 e. The maximum atomic E-state index is 12.4. The molecule has 1 saturated heterocycles. The van der Waals surface area contributed by atoms with Crippen LogP contribution in [0.5, 0.6) is 0 Å². The van der Waals surface area contributed by atoms with Crippen molar-refractivity contribution in [1.29, 1.82) is 0 Å². The van der Waals surface area contributed by atoms with Crippen molar-refractivity contribution in [2.24, 2.45) is 5.92 Å². The highest BCUT2D eigenvalue weighted by atomic mass is 16.2. The summed E-state index contributed by atoms with van der Waals surface area (Å²) in [6, 6.07) is 7.90. The largest absolute Gasteiger partial charge is 0.339 e. The number of piperazine rings is 1. The number of aryl methyl sites for hydroxylation is 1. The minimum Gasteiger partial charge on any atom is -0.339 e. The van der Waals surface area contributed by atoms with Gasteiger partial charge in [0.15, 0.2) is 0 Å². The highest BCUT2D eigenvalue weighted by Gasteiger charge is 2.26. The molecule has 25 heavy (non-hydrogen) atoms. The van der Waals surface area contributed by atoms with Crippen molar-refractivity contribution in [1.82, 2.24) is 9.80 Å².